The van der Waals surface area contributed by atoms with Crippen LogP contribution >= 0.6 is 0 Å². The Balaban J connectivity index is 2.49. The first-order valence-electron chi connectivity index (χ1n) is 6.20. The number of nitrogens with one attached hydrogen (secondary N) is 1. The van der Waals surface area contributed by atoms with Crippen molar-refractivity contribution in [1.29, 1.82) is 0 Å². The van der Waals surface area contributed by atoms with Crippen LogP contribution in [-0.2, 0) is 14.3 Å². The van der Waals surface area contributed by atoms with Crippen LogP contribution in [0.1, 0.15) is 12.5 Å². The van der Waals surface area contributed by atoms with Gasteiger partial charge >= 0.3 is 5.97 Å². The van der Waals surface area contributed by atoms with Crippen LogP contribution in [0, 0.1) is 6.92 Å². The van der Waals surface area contributed by atoms with Gasteiger partial charge in [0.25, 0.3) is 0 Å². The van der Waals surface area contributed by atoms with E-state index in [4.69, 9.17) is 0 Å². The summed E-state index contributed by atoms with van der Waals surface area (Å²) in [6.45, 7) is 4.77. The van der Waals surface area contributed by atoms with Crippen LogP contribution in [0.2, 0.25) is 0 Å². The second kappa shape index (κ2) is 7.53. The molecule has 0 aliphatic heterocycles. The van der Waals surface area contributed by atoms with Crippen molar-refractivity contribution in [3.8, 4) is 0 Å². The third kappa shape index (κ3) is 5.52. The lowest BCUT2D eigenvalue weighted by molar-refractivity contribution is -0.142. The number of methoxy groups -OCH3 is 1. The molecule has 19 heavy (non-hydrogen) atoms. The molecule has 0 bridgehead atoms. The van der Waals surface area contributed by atoms with Crippen LogP contribution in [0.4, 0.5) is 5.69 Å². The summed E-state index contributed by atoms with van der Waals surface area (Å²) < 4.78 is 4.58. The lowest BCUT2D eigenvalue weighted by Crippen LogP contribution is -2.37. The third-order valence-electron chi connectivity index (χ3n) is 2.73. The van der Waals surface area contributed by atoms with Crippen LogP contribution < -0.4 is 5.32 Å². The number of benzene rings is 1. The van der Waals surface area contributed by atoms with Gasteiger partial charge in [0.2, 0.25) is 5.91 Å². The first-order chi connectivity index (χ1) is 9.05. The van der Waals surface area contributed by atoms with Crippen molar-refractivity contribution in [2.45, 2.75) is 13.8 Å². The first-order valence-corrected chi connectivity index (χ1v) is 6.20. The summed E-state index contributed by atoms with van der Waals surface area (Å²) >= 11 is 0. The Hall–Kier alpha value is -1.88. The second-order valence-corrected chi connectivity index (χ2v) is 4.29. The smallest absolute Gasteiger partial charge is 0.319 e. The van der Waals surface area contributed by atoms with E-state index in [1.54, 1.807) is 4.90 Å². The van der Waals surface area contributed by atoms with Gasteiger partial charge in [-0.1, -0.05) is 24.6 Å². The molecule has 104 valence electrons. The van der Waals surface area contributed by atoms with E-state index in [-0.39, 0.29) is 25.0 Å². The quantitative estimate of drug-likeness (QED) is 0.790. The minimum atomic E-state index is -0.343. The zero-order valence-electron chi connectivity index (χ0n) is 11.6. The predicted molar refractivity (Wildman–Crippen MR) is 73.9 cm³/mol. The molecule has 1 amide bonds. The van der Waals surface area contributed by atoms with Crippen LogP contribution in [0.15, 0.2) is 24.3 Å². The van der Waals surface area contributed by atoms with Crippen molar-refractivity contribution < 1.29 is 14.3 Å². The molecule has 0 saturated heterocycles. The van der Waals surface area contributed by atoms with Gasteiger partial charge in [-0.05, 0) is 25.6 Å². The van der Waals surface area contributed by atoms with E-state index in [1.807, 2.05) is 38.1 Å². The lowest BCUT2D eigenvalue weighted by atomic mass is 10.2. The zero-order valence-corrected chi connectivity index (χ0v) is 11.6. The molecule has 0 aliphatic carbocycles. The van der Waals surface area contributed by atoms with Crippen molar-refractivity contribution in [2.24, 2.45) is 0 Å². The van der Waals surface area contributed by atoms with Crippen LogP contribution in [0.25, 0.3) is 0 Å². The topological polar surface area (TPSA) is 58.6 Å². The van der Waals surface area contributed by atoms with Gasteiger partial charge in [0.1, 0.15) is 0 Å². The van der Waals surface area contributed by atoms with Crippen molar-refractivity contribution in [3.63, 3.8) is 0 Å². The molecule has 0 saturated carbocycles. The predicted octanol–water partition coefficient (Wildman–Crippen LogP) is 1.43. The van der Waals surface area contributed by atoms with Crippen molar-refractivity contribution >= 4 is 17.6 Å². The van der Waals surface area contributed by atoms with Gasteiger partial charge in [-0.15, -0.1) is 0 Å². The zero-order chi connectivity index (χ0) is 14.3. The Labute approximate surface area is 113 Å². The van der Waals surface area contributed by atoms with Crippen LogP contribution in [0.3, 0.4) is 0 Å². The fourth-order valence-electron chi connectivity index (χ4n) is 1.57. The van der Waals surface area contributed by atoms with Gasteiger partial charge in [0.05, 0.1) is 20.2 Å². The number of carbonyl (C=O) groups excluding carboxylic acids is 2. The van der Waals surface area contributed by atoms with Crippen LogP contribution in [0.5, 0.6) is 0 Å². The summed E-state index contributed by atoms with van der Waals surface area (Å²) in [6.07, 6.45) is 0. The van der Waals surface area contributed by atoms with Gasteiger partial charge < -0.3 is 10.1 Å². The number of esters is 1. The molecule has 0 unspecified atom stereocenters. The Kier molecular flexibility index (Phi) is 6.02. The number of anilines is 1. The molecule has 5 heteroatoms. The summed E-state index contributed by atoms with van der Waals surface area (Å²) in [6, 6.07) is 7.57. The minimum absolute atomic E-state index is 0.119. The number of likely N-dealkylation sites (N-methyl/N-ethyl adjacent to an activating group) is 1. The van der Waals surface area contributed by atoms with Gasteiger partial charge in [0.15, 0.2) is 0 Å². The minimum Gasteiger partial charge on any atom is -0.468 e. The average Bonchev–Trinajstić information content (AvgIpc) is 2.40. The molecule has 0 atom stereocenters. The summed E-state index contributed by atoms with van der Waals surface area (Å²) in [5.41, 5.74) is 1.89. The molecule has 0 aromatic heterocycles. The van der Waals surface area contributed by atoms with E-state index in [0.717, 1.165) is 11.3 Å². The van der Waals surface area contributed by atoms with E-state index in [2.05, 4.69) is 10.1 Å². The first kappa shape index (κ1) is 15.2. The SMILES string of the molecule is CCN(CC(=O)Nc1ccc(C)cc1)CC(=O)OC. The van der Waals surface area contributed by atoms with E-state index >= 15 is 0 Å². The van der Waals surface area contributed by atoms with Gasteiger partial charge in [-0.3, -0.25) is 14.5 Å². The highest BCUT2D eigenvalue weighted by Crippen LogP contribution is 2.08. The highest BCUT2D eigenvalue weighted by atomic mass is 16.5. The fourth-order valence-corrected chi connectivity index (χ4v) is 1.57. The molecule has 0 aliphatic rings. The summed E-state index contributed by atoms with van der Waals surface area (Å²) in [7, 11) is 1.34. The Morgan fingerprint density at radius 3 is 2.37 bits per heavy atom. The molecular formula is C14H20N2O3. The van der Waals surface area contributed by atoms with Crippen molar-refractivity contribution in [3.05, 3.63) is 29.8 Å². The normalized spacial score (nSPS) is 10.3. The monoisotopic (exact) mass is 264 g/mol. The largest absolute Gasteiger partial charge is 0.468 e. The van der Waals surface area contributed by atoms with Gasteiger partial charge in [0, 0.05) is 5.69 Å². The molecule has 0 heterocycles. The molecule has 1 N–H and O–H groups in total. The Morgan fingerprint density at radius 1 is 1.21 bits per heavy atom. The number of nitrogens with zero attached hydrogens (tertiary/aromatic N) is 1. The Bertz CT molecular complexity index is 429. The molecule has 0 spiro atoms. The molecule has 1 rings (SSSR count). The number of hydrogen-bond donors (Lipinski definition) is 1. The van der Waals surface area contributed by atoms with Gasteiger partial charge in [-0.2, -0.15) is 0 Å². The van der Waals surface area contributed by atoms with E-state index in [1.165, 1.54) is 7.11 Å². The number of rotatable bonds is 6. The highest BCUT2D eigenvalue weighted by molar-refractivity contribution is 5.92. The maximum atomic E-state index is 11.8. The number of ether oxygens (including phenoxy) is 1. The van der Waals surface area contributed by atoms with E-state index in [0.29, 0.717) is 6.54 Å². The summed E-state index contributed by atoms with van der Waals surface area (Å²) in [5.74, 6) is -0.486. The van der Waals surface area contributed by atoms with E-state index < -0.39 is 0 Å². The molecule has 5 nitrogen and oxygen atoms in total. The van der Waals surface area contributed by atoms with Gasteiger partial charge in [-0.25, -0.2) is 0 Å². The molecule has 0 radical (unpaired) electrons. The fraction of sp³-hybridized carbons (Fsp3) is 0.429. The van der Waals surface area contributed by atoms with Crippen LogP contribution in [-0.4, -0.2) is 43.5 Å². The average molecular weight is 264 g/mol. The lowest BCUT2D eigenvalue weighted by Gasteiger charge is -2.18. The van der Waals surface area contributed by atoms with Crippen molar-refractivity contribution in [2.75, 3.05) is 32.1 Å². The number of hydrogen-bond acceptors (Lipinski definition) is 4. The third-order valence-corrected chi connectivity index (χ3v) is 2.73. The van der Waals surface area contributed by atoms with Crippen molar-refractivity contribution in [1.82, 2.24) is 4.90 Å². The molecule has 1 aromatic carbocycles. The standard InChI is InChI=1S/C14H20N2O3/c1-4-16(10-14(18)19-3)9-13(17)15-12-7-5-11(2)6-8-12/h5-8H,4,9-10H2,1-3H3,(H,15,17). The highest BCUT2D eigenvalue weighted by Gasteiger charge is 2.13. The summed E-state index contributed by atoms with van der Waals surface area (Å²) in [5, 5.41) is 2.79. The number of aryl methyl sites for hydroxylation is 1. The molecule has 1 aromatic rings. The number of carbonyl (C=O) groups is 2. The maximum Gasteiger partial charge on any atom is 0.319 e. The van der Waals surface area contributed by atoms with E-state index in [9.17, 15) is 9.59 Å². The molecule has 0 fully saturated rings. The Morgan fingerprint density at radius 2 is 1.84 bits per heavy atom. The number of amides is 1. The summed E-state index contributed by atoms with van der Waals surface area (Å²) in [4.78, 5) is 24.7. The molecular weight excluding hydrogens is 244 g/mol. The second-order valence-electron chi connectivity index (χ2n) is 4.29. The maximum absolute atomic E-state index is 11.8.